The molecule has 2 aromatic heterocycles. The fraction of sp³-hybridized carbons (Fsp3) is 0.200. The van der Waals surface area contributed by atoms with E-state index in [1.54, 1.807) is 12.3 Å². The van der Waals surface area contributed by atoms with E-state index in [0.717, 1.165) is 36.3 Å². The zero-order valence-electron chi connectivity index (χ0n) is 16.7. The number of rotatable bonds is 9. The van der Waals surface area contributed by atoms with Crippen LogP contribution in [0.15, 0.2) is 94.1 Å². The number of carbonyl (C=O) groups excluding carboxylic acids is 1. The van der Waals surface area contributed by atoms with Gasteiger partial charge in [0.25, 0.3) is 5.91 Å². The molecule has 1 amide bonds. The van der Waals surface area contributed by atoms with Crippen LogP contribution in [0.5, 0.6) is 0 Å². The molecule has 0 radical (unpaired) electrons. The Morgan fingerprint density at radius 2 is 1.70 bits per heavy atom. The molecule has 0 aliphatic heterocycles. The third-order valence-electron chi connectivity index (χ3n) is 5.10. The van der Waals surface area contributed by atoms with E-state index in [2.05, 4.69) is 34.7 Å². The Bertz CT molecular complexity index is 1040. The Hall–Kier alpha value is -3.60. The molecule has 1 N–H and O–H groups in total. The summed E-state index contributed by atoms with van der Waals surface area (Å²) in [6, 6.07) is 25.9. The second-order valence-electron chi connectivity index (χ2n) is 7.19. The van der Waals surface area contributed by atoms with Crippen LogP contribution >= 0.6 is 0 Å². The van der Waals surface area contributed by atoms with Gasteiger partial charge in [-0.15, -0.1) is 0 Å². The van der Waals surface area contributed by atoms with Crippen molar-refractivity contribution in [2.75, 3.05) is 6.54 Å². The monoisotopic (exact) mass is 400 g/mol. The maximum absolute atomic E-state index is 12.5. The SMILES string of the molecule is O=C(NCCC(c1ccccc1)c1ccco1)c1cc(CCc2ccccc2)no1. The lowest BCUT2D eigenvalue weighted by atomic mass is 9.93. The van der Waals surface area contributed by atoms with Gasteiger partial charge in [-0.2, -0.15) is 0 Å². The number of hydrogen-bond acceptors (Lipinski definition) is 4. The summed E-state index contributed by atoms with van der Waals surface area (Å²) < 4.78 is 10.9. The lowest BCUT2D eigenvalue weighted by molar-refractivity contribution is 0.0915. The molecular formula is C25H24N2O3. The van der Waals surface area contributed by atoms with Crippen molar-refractivity contribution < 1.29 is 13.7 Å². The van der Waals surface area contributed by atoms with Gasteiger partial charge in [-0.05, 0) is 42.5 Å². The summed E-state index contributed by atoms with van der Waals surface area (Å²) in [6.45, 7) is 0.499. The van der Waals surface area contributed by atoms with E-state index < -0.39 is 0 Å². The van der Waals surface area contributed by atoms with Crippen LogP contribution in [0, 0.1) is 0 Å². The third-order valence-corrected chi connectivity index (χ3v) is 5.10. The van der Waals surface area contributed by atoms with Gasteiger partial charge in [0, 0.05) is 18.5 Å². The van der Waals surface area contributed by atoms with Gasteiger partial charge in [0.2, 0.25) is 5.76 Å². The summed E-state index contributed by atoms with van der Waals surface area (Å²) in [5.41, 5.74) is 3.17. The van der Waals surface area contributed by atoms with Gasteiger partial charge in [-0.3, -0.25) is 4.79 Å². The minimum absolute atomic E-state index is 0.0812. The quantitative estimate of drug-likeness (QED) is 0.429. The Balaban J connectivity index is 1.31. The molecule has 1 unspecified atom stereocenters. The van der Waals surface area contributed by atoms with Crippen molar-refractivity contribution in [1.82, 2.24) is 10.5 Å². The highest BCUT2D eigenvalue weighted by Crippen LogP contribution is 2.27. The molecule has 0 spiro atoms. The average Bonchev–Trinajstić information content (AvgIpc) is 3.49. The van der Waals surface area contributed by atoms with Crippen LogP contribution in [0.2, 0.25) is 0 Å². The fourth-order valence-corrected chi connectivity index (χ4v) is 3.52. The van der Waals surface area contributed by atoms with Crippen molar-refractivity contribution in [2.45, 2.75) is 25.2 Å². The number of nitrogens with zero attached hydrogens (tertiary/aromatic N) is 1. The minimum Gasteiger partial charge on any atom is -0.469 e. The molecular weight excluding hydrogens is 376 g/mol. The van der Waals surface area contributed by atoms with Crippen molar-refractivity contribution in [3.63, 3.8) is 0 Å². The second-order valence-corrected chi connectivity index (χ2v) is 7.19. The number of nitrogens with one attached hydrogen (secondary N) is 1. The van der Waals surface area contributed by atoms with E-state index in [1.165, 1.54) is 5.56 Å². The predicted octanol–water partition coefficient (Wildman–Crippen LogP) is 5.00. The molecule has 0 aliphatic rings. The van der Waals surface area contributed by atoms with Gasteiger partial charge in [0.15, 0.2) is 0 Å². The van der Waals surface area contributed by atoms with Gasteiger partial charge in [0.05, 0.1) is 12.0 Å². The maximum atomic E-state index is 12.5. The van der Waals surface area contributed by atoms with Crippen LogP contribution in [0.4, 0.5) is 0 Å². The third kappa shape index (κ3) is 5.06. The van der Waals surface area contributed by atoms with Crippen LogP contribution in [-0.4, -0.2) is 17.6 Å². The summed E-state index contributed by atoms with van der Waals surface area (Å²) in [6.07, 6.45) is 3.99. The van der Waals surface area contributed by atoms with E-state index in [0.29, 0.717) is 6.54 Å². The zero-order chi connectivity index (χ0) is 20.6. The smallest absolute Gasteiger partial charge is 0.289 e. The molecule has 4 aromatic rings. The first-order valence-electron chi connectivity index (χ1n) is 10.2. The lowest BCUT2D eigenvalue weighted by Crippen LogP contribution is -2.25. The summed E-state index contributed by atoms with van der Waals surface area (Å²) in [5.74, 6) is 0.961. The highest BCUT2D eigenvalue weighted by Gasteiger charge is 2.18. The summed E-state index contributed by atoms with van der Waals surface area (Å²) >= 11 is 0. The van der Waals surface area contributed by atoms with Crippen molar-refractivity contribution in [2.24, 2.45) is 0 Å². The number of benzene rings is 2. The normalized spacial score (nSPS) is 11.9. The Morgan fingerprint density at radius 3 is 2.43 bits per heavy atom. The molecule has 30 heavy (non-hydrogen) atoms. The molecule has 5 nitrogen and oxygen atoms in total. The van der Waals surface area contributed by atoms with Gasteiger partial charge in [0.1, 0.15) is 5.76 Å². The fourth-order valence-electron chi connectivity index (χ4n) is 3.52. The number of aryl methyl sites for hydroxylation is 2. The molecule has 2 aromatic carbocycles. The topological polar surface area (TPSA) is 68.3 Å². The highest BCUT2D eigenvalue weighted by atomic mass is 16.5. The highest BCUT2D eigenvalue weighted by molar-refractivity contribution is 5.91. The predicted molar refractivity (Wildman–Crippen MR) is 114 cm³/mol. The summed E-state index contributed by atoms with van der Waals surface area (Å²) in [7, 11) is 0. The van der Waals surface area contributed by atoms with Crippen LogP contribution < -0.4 is 5.32 Å². The Labute approximate surface area is 175 Å². The van der Waals surface area contributed by atoms with Gasteiger partial charge in [-0.1, -0.05) is 65.8 Å². The first kappa shape index (κ1) is 19.7. The van der Waals surface area contributed by atoms with Crippen LogP contribution in [0.25, 0.3) is 0 Å². The standard InChI is InChI=1S/C25H24N2O3/c28-25(24-18-21(27-30-24)14-13-19-8-3-1-4-9-19)26-16-15-22(23-12-7-17-29-23)20-10-5-2-6-11-20/h1-12,17-18,22H,13-16H2,(H,26,28). The van der Waals surface area contributed by atoms with Gasteiger partial charge < -0.3 is 14.3 Å². The van der Waals surface area contributed by atoms with Crippen molar-refractivity contribution >= 4 is 5.91 Å². The average molecular weight is 400 g/mol. The Morgan fingerprint density at radius 1 is 0.933 bits per heavy atom. The van der Waals surface area contributed by atoms with Crippen LogP contribution in [0.3, 0.4) is 0 Å². The first-order chi connectivity index (χ1) is 14.8. The van der Waals surface area contributed by atoms with Gasteiger partial charge >= 0.3 is 0 Å². The molecule has 1 atom stereocenters. The number of amides is 1. The molecule has 0 saturated carbocycles. The summed E-state index contributed by atoms with van der Waals surface area (Å²) in [4.78, 5) is 12.5. The summed E-state index contributed by atoms with van der Waals surface area (Å²) in [5, 5.41) is 6.97. The molecule has 0 aliphatic carbocycles. The van der Waals surface area contributed by atoms with E-state index in [9.17, 15) is 4.79 Å². The van der Waals surface area contributed by atoms with Crippen LogP contribution in [-0.2, 0) is 12.8 Å². The largest absolute Gasteiger partial charge is 0.469 e. The van der Waals surface area contributed by atoms with E-state index in [-0.39, 0.29) is 17.6 Å². The zero-order valence-corrected chi connectivity index (χ0v) is 16.7. The molecule has 0 saturated heterocycles. The van der Waals surface area contributed by atoms with Crippen molar-refractivity contribution in [1.29, 1.82) is 0 Å². The number of furan rings is 1. The lowest BCUT2D eigenvalue weighted by Gasteiger charge is -2.15. The second kappa shape index (κ2) is 9.74. The number of hydrogen-bond donors (Lipinski definition) is 1. The minimum atomic E-state index is -0.250. The van der Waals surface area contributed by atoms with E-state index in [1.807, 2.05) is 48.5 Å². The molecule has 2 heterocycles. The maximum Gasteiger partial charge on any atom is 0.289 e. The molecule has 4 rings (SSSR count). The molecule has 0 fully saturated rings. The van der Waals surface area contributed by atoms with Crippen molar-refractivity contribution in [3.8, 4) is 0 Å². The van der Waals surface area contributed by atoms with E-state index in [4.69, 9.17) is 8.94 Å². The Kier molecular flexibility index (Phi) is 6.40. The number of carbonyl (C=O) groups is 1. The first-order valence-corrected chi connectivity index (χ1v) is 10.2. The molecule has 5 heteroatoms. The molecule has 0 bridgehead atoms. The van der Waals surface area contributed by atoms with Crippen molar-refractivity contribution in [3.05, 3.63) is 113 Å². The molecule has 152 valence electrons. The van der Waals surface area contributed by atoms with Gasteiger partial charge in [-0.25, -0.2) is 0 Å². The van der Waals surface area contributed by atoms with Crippen LogP contribution in [0.1, 0.15) is 45.5 Å². The number of aromatic nitrogens is 1. The van der Waals surface area contributed by atoms with E-state index >= 15 is 0 Å².